The second-order valence-corrected chi connectivity index (χ2v) is 7.31. The Balaban J connectivity index is 1.96. The summed E-state index contributed by atoms with van der Waals surface area (Å²) in [6.45, 7) is 3.38. The molecule has 11 heteroatoms. The highest BCUT2D eigenvalue weighted by Gasteiger charge is 2.22. The molecular weight excluding hydrogens is 435 g/mol. The number of nitrogens with zero attached hydrogens (tertiary/aromatic N) is 6. The van der Waals surface area contributed by atoms with Gasteiger partial charge in [0.1, 0.15) is 34.9 Å². The van der Waals surface area contributed by atoms with Crippen molar-refractivity contribution in [2.75, 3.05) is 11.1 Å². The Morgan fingerprint density at radius 3 is 2.75 bits per heavy atom. The highest BCUT2D eigenvalue weighted by atomic mass is 35.5. The van der Waals surface area contributed by atoms with Crippen LogP contribution >= 0.6 is 11.6 Å². The first-order valence-electron chi connectivity index (χ1n) is 9.43. The lowest BCUT2D eigenvalue weighted by molar-refractivity contribution is 0.629. The lowest BCUT2D eigenvalue weighted by Gasteiger charge is -2.21. The lowest BCUT2D eigenvalue weighted by atomic mass is 10.2. The van der Waals surface area contributed by atoms with Crippen molar-refractivity contribution >= 4 is 34.1 Å². The average Bonchev–Trinajstić information content (AvgIpc) is 2.76. The zero-order valence-electron chi connectivity index (χ0n) is 17.0. The summed E-state index contributed by atoms with van der Waals surface area (Å²) in [4.78, 5) is 30.3. The van der Waals surface area contributed by atoms with E-state index in [-0.39, 0.29) is 38.9 Å². The van der Waals surface area contributed by atoms with Crippen LogP contribution in [-0.2, 0) is 0 Å². The summed E-state index contributed by atoms with van der Waals surface area (Å²) >= 11 is 6.10. The normalized spacial score (nSPS) is 11.8. The maximum absolute atomic E-state index is 14.1. The van der Waals surface area contributed by atoms with Crippen LogP contribution in [0.15, 0.2) is 41.5 Å². The summed E-state index contributed by atoms with van der Waals surface area (Å²) in [5.74, 6) is 0.161. The highest BCUT2D eigenvalue weighted by Crippen LogP contribution is 2.27. The van der Waals surface area contributed by atoms with Crippen molar-refractivity contribution in [3.63, 3.8) is 0 Å². The number of nitriles is 1. The molecule has 3 N–H and O–H groups in total. The number of fused-ring (bicyclic) bond motifs is 1. The number of pyridine rings is 1. The van der Waals surface area contributed by atoms with E-state index in [0.29, 0.717) is 11.5 Å². The zero-order chi connectivity index (χ0) is 23.0. The number of hydrogen-bond acceptors (Lipinski definition) is 8. The predicted octanol–water partition coefficient (Wildman–Crippen LogP) is 3.30. The Hall–Kier alpha value is -4.10. The molecule has 1 atom stereocenters. The van der Waals surface area contributed by atoms with E-state index in [1.54, 1.807) is 32.2 Å². The Kier molecular flexibility index (Phi) is 5.42. The molecule has 3 heterocycles. The quantitative estimate of drug-likeness (QED) is 0.483. The van der Waals surface area contributed by atoms with E-state index >= 15 is 0 Å². The maximum Gasteiger partial charge on any atom is 0.267 e. The smallest absolute Gasteiger partial charge is 0.267 e. The van der Waals surface area contributed by atoms with Crippen molar-refractivity contribution in [1.29, 1.82) is 5.26 Å². The predicted molar refractivity (Wildman–Crippen MR) is 118 cm³/mol. The van der Waals surface area contributed by atoms with Crippen LogP contribution in [0.3, 0.4) is 0 Å². The molecule has 0 aliphatic rings. The van der Waals surface area contributed by atoms with Crippen LogP contribution in [0.1, 0.15) is 30.2 Å². The first-order chi connectivity index (χ1) is 15.3. The molecule has 0 radical (unpaired) electrons. The van der Waals surface area contributed by atoms with E-state index in [4.69, 9.17) is 17.3 Å². The van der Waals surface area contributed by atoms with Gasteiger partial charge in [0.2, 0.25) is 0 Å². The SMILES string of the molecule is Cc1nc(N)c(C#N)c(N[C@@H](C)c2nc3ccc(F)c(Cl)c3c(=O)n2-c2cccnc2)n1. The summed E-state index contributed by atoms with van der Waals surface area (Å²) in [6, 6.07) is 7.20. The van der Waals surface area contributed by atoms with Crippen molar-refractivity contribution in [1.82, 2.24) is 24.5 Å². The van der Waals surface area contributed by atoms with E-state index in [1.807, 2.05) is 6.07 Å². The lowest BCUT2D eigenvalue weighted by Crippen LogP contribution is -2.28. The minimum atomic E-state index is -0.722. The van der Waals surface area contributed by atoms with Crippen molar-refractivity contribution in [2.45, 2.75) is 19.9 Å². The van der Waals surface area contributed by atoms with Crippen molar-refractivity contribution in [2.24, 2.45) is 0 Å². The Morgan fingerprint density at radius 2 is 2.06 bits per heavy atom. The third-order valence-electron chi connectivity index (χ3n) is 4.76. The van der Waals surface area contributed by atoms with Gasteiger partial charge in [-0.2, -0.15) is 5.26 Å². The monoisotopic (exact) mass is 450 g/mol. The van der Waals surface area contributed by atoms with Gasteiger partial charge in [0.25, 0.3) is 5.56 Å². The van der Waals surface area contributed by atoms with Gasteiger partial charge in [0.15, 0.2) is 5.82 Å². The van der Waals surface area contributed by atoms with Crippen LogP contribution in [-0.4, -0.2) is 24.5 Å². The summed E-state index contributed by atoms with van der Waals surface area (Å²) < 4.78 is 15.4. The Bertz CT molecular complexity index is 1450. The molecule has 9 nitrogen and oxygen atoms in total. The number of anilines is 2. The number of rotatable bonds is 4. The minimum Gasteiger partial charge on any atom is -0.382 e. The molecule has 3 aromatic heterocycles. The van der Waals surface area contributed by atoms with Gasteiger partial charge in [0.05, 0.1) is 33.9 Å². The number of halogens is 2. The molecule has 0 aliphatic heterocycles. The third-order valence-corrected chi connectivity index (χ3v) is 5.13. The standard InChI is InChI=1S/C21H16ClFN8O/c1-10(27-19-13(8-24)18(25)28-11(2)29-19)20-30-15-6-5-14(23)17(22)16(15)21(32)31(20)12-4-3-7-26-9-12/h3-7,9-10H,1-2H3,(H3,25,27,28,29)/t10-/m0/s1. The maximum atomic E-state index is 14.1. The van der Waals surface area contributed by atoms with Crippen molar-refractivity contribution < 1.29 is 4.39 Å². The van der Waals surface area contributed by atoms with Crippen molar-refractivity contribution in [3.05, 3.63) is 75.1 Å². The van der Waals surface area contributed by atoms with Crippen LogP contribution < -0.4 is 16.6 Å². The van der Waals surface area contributed by atoms with Gasteiger partial charge in [-0.05, 0) is 38.1 Å². The molecule has 0 fully saturated rings. The van der Waals surface area contributed by atoms with E-state index in [2.05, 4.69) is 25.3 Å². The van der Waals surface area contributed by atoms with Gasteiger partial charge in [0, 0.05) is 6.20 Å². The number of nitrogen functional groups attached to an aromatic ring is 1. The van der Waals surface area contributed by atoms with Gasteiger partial charge in [-0.15, -0.1) is 0 Å². The summed E-state index contributed by atoms with van der Waals surface area (Å²) in [5, 5.41) is 12.2. The topological polar surface area (TPSA) is 135 Å². The molecule has 0 saturated heterocycles. The minimum absolute atomic E-state index is 0.0353. The number of nitrogens with one attached hydrogen (secondary N) is 1. The summed E-state index contributed by atoms with van der Waals surface area (Å²) in [7, 11) is 0. The van der Waals surface area contributed by atoms with E-state index < -0.39 is 17.4 Å². The first-order valence-corrected chi connectivity index (χ1v) is 9.81. The van der Waals surface area contributed by atoms with Gasteiger partial charge < -0.3 is 11.1 Å². The molecular formula is C21H16ClFN8O. The largest absolute Gasteiger partial charge is 0.382 e. The molecule has 160 valence electrons. The Labute approximate surface area is 186 Å². The molecule has 0 unspecified atom stereocenters. The fourth-order valence-corrected chi connectivity index (χ4v) is 3.57. The van der Waals surface area contributed by atoms with E-state index in [0.717, 1.165) is 6.07 Å². The highest BCUT2D eigenvalue weighted by molar-refractivity contribution is 6.35. The summed E-state index contributed by atoms with van der Waals surface area (Å²) in [6.07, 6.45) is 3.04. The van der Waals surface area contributed by atoms with Crippen LogP contribution in [0.2, 0.25) is 5.02 Å². The first kappa shape index (κ1) is 21.1. The van der Waals surface area contributed by atoms with Crippen LogP contribution in [0.5, 0.6) is 0 Å². The molecule has 4 rings (SSSR count). The molecule has 1 aromatic carbocycles. The molecule has 0 aliphatic carbocycles. The zero-order valence-corrected chi connectivity index (χ0v) is 17.7. The van der Waals surface area contributed by atoms with E-state index in [9.17, 15) is 14.4 Å². The third kappa shape index (κ3) is 3.59. The molecule has 0 spiro atoms. The second kappa shape index (κ2) is 8.20. The number of aryl methyl sites for hydroxylation is 1. The molecule has 0 saturated carbocycles. The van der Waals surface area contributed by atoms with Crippen molar-refractivity contribution in [3.8, 4) is 11.8 Å². The summed E-state index contributed by atoms with van der Waals surface area (Å²) in [5.41, 5.74) is 6.00. The van der Waals surface area contributed by atoms with Gasteiger partial charge in [-0.1, -0.05) is 11.6 Å². The van der Waals surface area contributed by atoms with Gasteiger partial charge >= 0.3 is 0 Å². The van der Waals surface area contributed by atoms with Crippen LogP contribution in [0, 0.1) is 24.1 Å². The molecule has 4 aromatic rings. The van der Waals surface area contributed by atoms with Gasteiger partial charge in [-0.25, -0.2) is 19.3 Å². The molecule has 0 amide bonds. The Morgan fingerprint density at radius 1 is 1.28 bits per heavy atom. The number of aromatic nitrogens is 5. The second-order valence-electron chi connectivity index (χ2n) is 6.93. The number of hydrogen-bond donors (Lipinski definition) is 2. The van der Waals surface area contributed by atoms with E-state index in [1.165, 1.54) is 16.8 Å². The molecule has 32 heavy (non-hydrogen) atoms. The molecule has 0 bridgehead atoms. The fraction of sp³-hybridized carbons (Fsp3) is 0.143. The van der Waals surface area contributed by atoms with Crippen LogP contribution in [0.4, 0.5) is 16.0 Å². The average molecular weight is 451 g/mol. The number of nitrogens with two attached hydrogens (primary N) is 1. The fourth-order valence-electron chi connectivity index (χ4n) is 3.33. The number of benzene rings is 1. The van der Waals surface area contributed by atoms with Gasteiger partial charge in [-0.3, -0.25) is 14.3 Å². The van der Waals surface area contributed by atoms with Crippen LogP contribution in [0.25, 0.3) is 16.6 Å².